The maximum Gasteiger partial charge on any atom is 0.345 e. The summed E-state index contributed by atoms with van der Waals surface area (Å²) in [7, 11) is 1.67. The molecule has 0 bridgehead atoms. The van der Waals surface area contributed by atoms with E-state index < -0.39 is 0 Å². The Morgan fingerprint density at radius 2 is 2.46 bits per heavy atom. The monoisotopic (exact) mass is 179 g/mol. The molecule has 0 aliphatic heterocycles. The van der Waals surface area contributed by atoms with Crippen LogP contribution in [0.2, 0.25) is 0 Å². The van der Waals surface area contributed by atoms with Gasteiger partial charge < -0.3 is 4.42 Å². The second-order valence-electron chi connectivity index (χ2n) is 2.81. The fraction of sp³-hybridized carbons (Fsp3) is 0.250. The van der Waals surface area contributed by atoms with Crippen molar-refractivity contribution in [2.75, 3.05) is 0 Å². The molecule has 2 aromatic rings. The van der Waals surface area contributed by atoms with E-state index in [1.165, 1.54) is 15.6 Å². The third-order valence-corrected chi connectivity index (χ3v) is 1.80. The molecule has 0 fully saturated rings. The van der Waals surface area contributed by atoms with Crippen LogP contribution in [0.3, 0.4) is 0 Å². The third-order valence-electron chi connectivity index (χ3n) is 1.80. The molecule has 0 aliphatic rings. The van der Waals surface area contributed by atoms with Crippen LogP contribution in [0.25, 0.3) is 0 Å². The first-order valence-electron chi connectivity index (χ1n) is 3.87. The molecule has 0 radical (unpaired) electrons. The third kappa shape index (κ3) is 1.40. The maximum absolute atomic E-state index is 11.3. The van der Waals surface area contributed by atoms with Crippen LogP contribution in [-0.4, -0.2) is 14.3 Å². The highest BCUT2D eigenvalue weighted by molar-refractivity contribution is 5.05. The van der Waals surface area contributed by atoms with E-state index in [2.05, 4.69) is 5.10 Å². The van der Waals surface area contributed by atoms with Gasteiger partial charge in [0.05, 0.1) is 19.1 Å². The van der Waals surface area contributed by atoms with Gasteiger partial charge in [0.15, 0.2) is 0 Å². The molecular weight excluding hydrogens is 170 g/mol. The molecule has 5 nitrogen and oxygen atoms in total. The van der Waals surface area contributed by atoms with E-state index in [4.69, 9.17) is 4.42 Å². The summed E-state index contributed by atoms with van der Waals surface area (Å²) in [5, 5.41) is 3.92. The molecule has 68 valence electrons. The second-order valence-corrected chi connectivity index (χ2v) is 2.81. The van der Waals surface area contributed by atoms with Gasteiger partial charge in [-0.2, -0.15) is 5.10 Å². The van der Waals surface area contributed by atoms with E-state index in [0.717, 1.165) is 5.56 Å². The summed E-state index contributed by atoms with van der Waals surface area (Å²) < 4.78 is 7.69. The minimum Gasteiger partial charge on any atom is -0.472 e. The number of aryl methyl sites for hydroxylation is 1. The van der Waals surface area contributed by atoms with Gasteiger partial charge in [-0.25, -0.2) is 9.48 Å². The van der Waals surface area contributed by atoms with Crippen LogP contribution in [-0.2, 0) is 13.6 Å². The minimum atomic E-state index is -0.124. The molecule has 0 unspecified atom stereocenters. The van der Waals surface area contributed by atoms with E-state index in [1.807, 2.05) is 0 Å². The molecule has 0 saturated carbocycles. The normalized spacial score (nSPS) is 10.5. The number of hydrogen-bond donors (Lipinski definition) is 0. The largest absolute Gasteiger partial charge is 0.472 e. The molecule has 0 saturated heterocycles. The number of rotatable bonds is 2. The summed E-state index contributed by atoms with van der Waals surface area (Å²) in [6, 6.07) is 1.81. The smallest absolute Gasteiger partial charge is 0.345 e. The van der Waals surface area contributed by atoms with Crippen molar-refractivity contribution in [3.8, 4) is 0 Å². The Morgan fingerprint density at radius 3 is 3.00 bits per heavy atom. The lowest BCUT2D eigenvalue weighted by atomic mass is 10.3. The Bertz CT molecular complexity index is 438. The minimum absolute atomic E-state index is 0.124. The quantitative estimate of drug-likeness (QED) is 0.662. The lowest BCUT2D eigenvalue weighted by Crippen LogP contribution is -2.23. The van der Waals surface area contributed by atoms with Crippen LogP contribution in [0, 0.1) is 0 Å². The van der Waals surface area contributed by atoms with Crippen LogP contribution in [0.1, 0.15) is 5.56 Å². The van der Waals surface area contributed by atoms with Crippen LogP contribution in [0.4, 0.5) is 0 Å². The molecule has 0 spiro atoms. The average Bonchev–Trinajstić information content (AvgIpc) is 2.71. The van der Waals surface area contributed by atoms with Gasteiger partial charge in [-0.3, -0.25) is 4.57 Å². The van der Waals surface area contributed by atoms with Gasteiger partial charge in [-0.15, -0.1) is 0 Å². The van der Waals surface area contributed by atoms with Crippen molar-refractivity contribution in [3.05, 3.63) is 41.0 Å². The van der Waals surface area contributed by atoms with Crippen molar-refractivity contribution in [3.63, 3.8) is 0 Å². The number of nitrogens with zero attached hydrogens (tertiary/aromatic N) is 3. The van der Waals surface area contributed by atoms with Crippen molar-refractivity contribution in [2.45, 2.75) is 6.54 Å². The lowest BCUT2D eigenvalue weighted by molar-refractivity contribution is 0.557. The molecule has 0 aromatic carbocycles. The predicted molar refractivity (Wildman–Crippen MR) is 45.3 cm³/mol. The summed E-state index contributed by atoms with van der Waals surface area (Å²) in [5.74, 6) is 0. The Hall–Kier alpha value is -1.78. The average molecular weight is 179 g/mol. The Morgan fingerprint density at radius 1 is 1.62 bits per heavy atom. The summed E-state index contributed by atoms with van der Waals surface area (Å²) in [5.41, 5.74) is 0.807. The number of furan rings is 1. The van der Waals surface area contributed by atoms with E-state index in [1.54, 1.807) is 25.6 Å². The van der Waals surface area contributed by atoms with Crippen LogP contribution in [0.5, 0.6) is 0 Å². The molecule has 13 heavy (non-hydrogen) atoms. The van der Waals surface area contributed by atoms with Crippen LogP contribution < -0.4 is 5.69 Å². The van der Waals surface area contributed by atoms with E-state index in [9.17, 15) is 4.79 Å². The zero-order valence-electron chi connectivity index (χ0n) is 7.17. The highest BCUT2D eigenvalue weighted by atomic mass is 16.3. The Labute approximate surface area is 74.2 Å². The Balaban J connectivity index is 2.29. The van der Waals surface area contributed by atoms with E-state index in [-0.39, 0.29) is 5.69 Å². The zero-order chi connectivity index (χ0) is 9.26. The molecule has 0 N–H and O–H groups in total. The van der Waals surface area contributed by atoms with Crippen LogP contribution in [0.15, 0.2) is 34.1 Å². The molecule has 0 aliphatic carbocycles. The summed E-state index contributed by atoms with van der Waals surface area (Å²) in [6.45, 7) is 0.455. The van der Waals surface area contributed by atoms with Gasteiger partial charge in [0.2, 0.25) is 0 Å². The van der Waals surface area contributed by atoms with Gasteiger partial charge in [-0.05, 0) is 6.07 Å². The van der Waals surface area contributed by atoms with Crippen molar-refractivity contribution in [2.24, 2.45) is 7.05 Å². The number of hydrogen-bond acceptors (Lipinski definition) is 3. The zero-order valence-corrected chi connectivity index (χ0v) is 7.17. The van der Waals surface area contributed by atoms with Gasteiger partial charge in [0, 0.05) is 12.6 Å². The van der Waals surface area contributed by atoms with Crippen molar-refractivity contribution in [1.29, 1.82) is 0 Å². The molecule has 5 heteroatoms. The molecule has 2 rings (SSSR count). The lowest BCUT2D eigenvalue weighted by Gasteiger charge is -1.93. The summed E-state index contributed by atoms with van der Waals surface area (Å²) >= 11 is 0. The molecule has 2 aromatic heterocycles. The van der Waals surface area contributed by atoms with Gasteiger partial charge in [0.1, 0.15) is 6.33 Å². The van der Waals surface area contributed by atoms with Gasteiger partial charge >= 0.3 is 5.69 Å². The molecule has 2 heterocycles. The Kier molecular flexibility index (Phi) is 1.77. The first-order chi connectivity index (χ1) is 6.27. The number of aromatic nitrogens is 3. The maximum atomic E-state index is 11.3. The fourth-order valence-corrected chi connectivity index (χ4v) is 1.08. The van der Waals surface area contributed by atoms with Gasteiger partial charge in [-0.1, -0.05) is 0 Å². The van der Waals surface area contributed by atoms with Gasteiger partial charge in [0.25, 0.3) is 0 Å². The van der Waals surface area contributed by atoms with Crippen LogP contribution >= 0.6 is 0 Å². The summed E-state index contributed by atoms with van der Waals surface area (Å²) in [4.78, 5) is 11.3. The van der Waals surface area contributed by atoms with E-state index >= 15 is 0 Å². The molecule has 0 atom stereocenters. The fourth-order valence-electron chi connectivity index (χ4n) is 1.08. The highest BCUT2D eigenvalue weighted by Gasteiger charge is 2.02. The van der Waals surface area contributed by atoms with Crippen molar-refractivity contribution >= 4 is 0 Å². The predicted octanol–water partition coefficient (Wildman–Crippen LogP) is 0.223. The second kappa shape index (κ2) is 2.93. The molecular formula is C8H9N3O2. The SMILES string of the molecule is Cn1cnn(Cc2ccoc2)c1=O. The van der Waals surface area contributed by atoms with Crippen molar-refractivity contribution in [1.82, 2.24) is 14.3 Å². The molecule has 0 amide bonds. The topological polar surface area (TPSA) is 53.0 Å². The van der Waals surface area contributed by atoms with Crippen molar-refractivity contribution < 1.29 is 4.42 Å². The van der Waals surface area contributed by atoms with E-state index in [0.29, 0.717) is 6.54 Å². The standard InChI is InChI=1S/C8H9N3O2/c1-10-6-9-11(8(10)12)4-7-2-3-13-5-7/h2-3,5-6H,4H2,1H3. The first kappa shape index (κ1) is 7.85. The first-order valence-corrected chi connectivity index (χ1v) is 3.87. The summed E-state index contributed by atoms with van der Waals surface area (Å²) in [6.07, 6.45) is 4.66. The highest BCUT2D eigenvalue weighted by Crippen LogP contribution is 1.99.